The van der Waals surface area contributed by atoms with Crippen LogP contribution in [-0.2, 0) is 23.5 Å². The Labute approximate surface area is 125 Å². The summed E-state index contributed by atoms with van der Waals surface area (Å²) in [6, 6.07) is 0. The lowest BCUT2D eigenvalue weighted by atomic mass is 10.2. The minimum atomic E-state index is -3.78. The van der Waals surface area contributed by atoms with Gasteiger partial charge in [0.05, 0.1) is 12.0 Å². The minimum Gasteiger partial charge on any atom is -0.351 e. The average molecular weight is 327 g/mol. The van der Waals surface area contributed by atoms with E-state index in [-0.39, 0.29) is 16.1 Å². The van der Waals surface area contributed by atoms with Gasteiger partial charge in [0.25, 0.3) is 15.9 Å². The van der Waals surface area contributed by atoms with Crippen LogP contribution in [0.4, 0.5) is 5.13 Å². The molecule has 112 valence electrons. The molecule has 3 rings (SSSR count). The lowest BCUT2D eigenvalue weighted by Gasteiger charge is -2.01. The first-order valence-corrected chi connectivity index (χ1v) is 8.54. The van der Waals surface area contributed by atoms with Crippen LogP contribution in [0.5, 0.6) is 0 Å². The van der Waals surface area contributed by atoms with E-state index in [1.807, 2.05) is 0 Å². The van der Waals surface area contributed by atoms with Gasteiger partial charge in [0.15, 0.2) is 10.2 Å². The molecule has 0 bridgehead atoms. The molecule has 1 amide bonds. The predicted molar refractivity (Wildman–Crippen MR) is 76.8 cm³/mol. The Morgan fingerprint density at radius 3 is 3.00 bits per heavy atom. The minimum absolute atomic E-state index is 0.0835. The number of hydrogen-bond acceptors (Lipinski definition) is 6. The van der Waals surface area contributed by atoms with Crippen LogP contribution in [0.15, 0.2) is 17.6 Å². The third-order valence-electron chi connectivity index (χ3n) is 2.96. The zero-order valence-electron chi connectivity index (χ0n) is 11.2. The van der Waals surface area contributed by atoms with E-state index >= 15 is 0 Å². The standard InChI is InChI=1S/C11H13N5O3S2/c1-16-5-8(13-6-16)21(18,19)15-11-14-7-3-2-4-12-10(17)9(7)20-11/h5-6H,2-4H2,1H3,(H,12,17)(H,14,15). The number of carbonyl (C=O) groups excluding carboxylic acids is 1. The number of carbonyl (C=O) groups is 1. The number of nitrogens with one attached hydrogen (secondary N) is 2. The van der Waals surface area contributed by atoms with Crippen molar-refractivity contribution in [1.29, 1.82) is 0 Å². The molecule has 3 heterocycles. The van der Waals surface area contributed by atoms with Crippen LogP contribution in [0, 0.1) is 0 Å². The molecule has 1 aliphatic heterocycles. The summed E-state index contributed by atoms with van der Waals surface area (Å²) in [7, 11) is -2.10. The summed E-state index contributed by atoms with van der Waals surface area (Å²) in [5.41, 5.74) is 0.633. The van der Waals surface area contributed by atoms with E-state index in [0.29, 0.717) is 23.5 Å². The first kappa shape index (κ1) is 14.0. The zero-order valence-corrected chi connectivity index (χ0v) is 12.8. The van der Waals surface area contributed by atoms with Gasteiger partial charge in [-0.1, -0.05) is 11.3 Å². The van der Waals surface area contributed by atoms with Crippen LogP contribution in [0.1, 0.15) is 21.8 Å². The van der Waals surface area contributed by atoms with E-state index in [1.54, 1.807) is 11.6 Å². The van der Waals surface area contributed by atoms with Crippen molar-refractivity contribution in [3.8, 4) is 0 Å². The highest BCUT2D eigenvalue weighted by molar-refractivity contribution is 7.92. The molecule has 8 nitrogen and oxygen atoms in total. The fourth-order valence-corrected chi connectivity index (χ4v) is 4.12. The molecule has 0 spiro atoms. The number of thiazole rings is 1. The highest BCUT2D eigenvalue weighted by Crippen LogP contribution is 2.27. The molecule has 0 aliphatic carbocycles. The van der Waals surface area contributed by atoms with Crippen molar-refractivity contribution in [2.75, 3.05) is 11.3 Å². The number of aryl methyl sites for hydroxylation is 2. The number of anilines is 1. The normalized spacial score (nSPS) is 15.2. The van der Waals surface area contributed by atoms with Gasteiger partial charge in [0.1, 0.15) is 4.88 Å². The lowest BCUT2D eigenvalue weighted by molar-refractivity contribution is 0.0960. The Morgan fingerprint density at radius 2 is 2.29 bits per heavy atom. The summed E-state index contributed by atoms with van der Waals surface area (Å²) in [6.07, 6.45) is 4.23. The molecule has 2 aromatic heterocycles. The fourth-order valence-electron chi connectivity index (χ4n) is 1.98. The molecular formula is C11H13N5O3S2. The first-order valence-electron chi connectivity index (χ1n) is 6.24. The van der Waals surface area contributed by atoms with Crippen LogP contribution in [0.3, 0.4) is 0 Å². The maximum absolute atomic E-state index is 12.2. The number of sulfonamides is 1. The summed E-state index contributed by atoms with van der Waals surface area (Å²) in [6.45, 7) is 0.608. The predicted octanol–water partition coefficient (Wildman–Crippen LogP) is 0.353. The van der Waals surface area contributed by atoms with Crippen LogP contribution in [0.2, 0.25) is 0 Å². The summed E-state index contributed by atoms with van der Waals surface area (Å²) in [4.78, 5) is 20.3. The van der Waals surface area contributed by atoms with E-state index in [2.05, 4.69) is 20.0 Å². The van der Waals surface area contributed by atoms with Gasteiger partial charge < -0.3 is 9.88 Å². The third-order valence-corrected chi connectivity index (χ3v) is 5.32. The molecule has 2 N–H and O–H groups in total. The SMILES string of the molecule is Cn1cnc(S(=O)(=O)Nc2nc3c(s2)C(=O)NCCC3)c1. The van der Waals surface area contributed by atoms with Crippen molar-refractivity contribution in [3.63, 3.8) is 0 Å². The van der Waals surface area contributed by atoms with Gasteiger partial charge in [-0.15, -0.1) is 0 Å². The molecule has 0 fully saturated rings. The first-order chi connectivity index (χ1) is 9.95. The molecule has 0 radical (unpaired) electrons. The summed E-state index contributed by atoms with van der Waals surface area (Å²) < 4.78 is 28.2. The van der Waals surface area contributed by atoms with Crippen LogP contribution < -0.4 is 10.0 Å². The van der Waals surface area contributed by atoms with Gasteiger partial charge in [-0.25, -0.2) is 9.97 Å². The van der Waals surface area contributed by atoms with Gasteiger partial charge in [0.2, 0.25) is 0 Å². The number of hydrogen-bond donors (Lipinski definition) is 2. The molecule has 21 heavy (non-hydrogen) atoms. The number of imidazole rings is 1. The van der Waals surface area contributed by atoms with Crippen molar-refractivity contribution >= 4 is 32.4 Å². The van der Waals surface area contributed by atoms with Crippen LogP contribution in [0.25, 0.3) is 0 Å². The lowest BCUT2D eigenvalue weighted by Crippen LogP contribution is -2.21. The highest BCUT2D eigenvalue weighted by atomic mass is 32.2. The summed E-state index contributed by atoms with van der Waals surface area (Å²) in [5.74, 6) is -0.205. The Morgan fingerprint density at radius 1 is 1.48 bits per heavy atom. The number of aromatic nitrogens is 3. The molecular weight excluding hydrogens is 314 g/mol. The number of nitrogens with zero attached hydrogens (tertiary/aromatic N) is 3. The van der Waals surface area contributed by atoms with E-state index in [1.165, 1.54) is 12.5 Å². The van der Waals surface area contributed by atoms with E-state index < -0.39 is 10.0 Å². The monoisotopic (exact) mass is 327 g/mol. The van der Waals surface area contributed by atoms with Crippen molar-refractivity contribution in [3.05, 3.63) is 23.1 Å². The van der Waals surface area contributed by atoms with Crippen molar-refractivity contribution in [2.45, 2.75) is 17.9 Å². The molecule has 0 atom stereocenters. The van der Waals surface area contributed by atoms with Crippen molar-refractivity contribution < 1.29 is 13.2 Å². The maximum atomic E-state index is 12.2. The molecule has 2 aromatic rings. The molecule has 10 heteroatoms. The number of fused-ring (bicyclic) bond motifs is 1. The van der Waals surface area contributed by atoms with Crippen molar-refractivity contribution in [1.82, 2.24) is 19.9 Å². The second-order valence-electron chi connectivity index (χ2n) is 4.64. The van der Waals surface area contributed by atoms with Gasteiger partial charge in [-0.2, -0.15) is 8.42 Å². The molecule has 0 saturated heterocycles. The van der Waals surface area contributed by atoms with Gasteiger partial charge >= 0.3 is 0 Å². The second-order valence-corrected chi connectivity index (χ2v) is 7.27. The average Bonchev–Trinajstić information content (AvgIpc) is 2.97. The Hall–Kier alpha value is -1.94. The number of amides is 1. The molecule has 0 saturated carbocycles. The van der Waals surface area contributed by atoms with Crippen molar-refractivity contribution in [2.24, 2.45) is 7.05 Å². The smallest absolute Gasteiger partial charge is 0.282 e. The topological polar surface area (TPSA) is 106 Å². The van der Waals surface area contributed by atoms with Gasteiger partial charge in [0, 0.05) is 19.8 Å². The summed E-state index contributed by atoms with van der Waals surface area (Å²) in [5, 5.41) is 2.85. The van der Waals surface area contributed by atoms with E-state index in [0.717, 1.165) is 17.8 Å². The van der Waals surface area contributed by atoms with Gasteiger partial charge in [-0.05, 0) is 12.8 Å². The Kier molecular flexibility index (Phi) is 3.41. The second kappa shape index (κ2) is 5.11. The Balaban J connectivity index is 1.89. The van der Waals surface area contributed by atoms with Crippen LogP contribution in [-0.4, -0.2) is 35.4 Å². The van der Waals surface area contributed by atoms with Crippen LogP contribution >= 0.6 is 11.3 Å². The summed E-state index contributed by atoms with van der Waals surface area (Å²) >= 11 is 1.04. The van der Waals surface area contributed by atoms with Gasteiger partial charge in [-0.3, -0.25) is 9.52 Å². The fraction of sp³-hybridized carbons (Fsp3) is 0.364. The zero-order chi connectivity index (χ0) is 15.0. The quantitative estimate of drug-likeness (QED) is 0.846. The highest BCUT2D eigenvalue weighted by Gasteiger charge is 2.24. The maximum Gasteiger partial charge on any atom is 0.282 e. The molecule has 0 unspecified atom stereocenters. The number of rotatable bonds is 3. The third kappa shape index (κ3) is 2.76. The van der Waals surface area contributed by atoms with E-state index in [9.17, 15) is 13.2 Å². The van der Waals surface area contributed by atoms with E-state index in [4.69, 9.17) is 0 Å². The molecule has 0 aromatic carbocycles. The Bertz CT molecular complexity index is 793. The molecule has 1 aliphatic rings. The largest absolute Gasteiger partial charge is 0.351 e.